The van der Waals surface area contributed by atoms with Crippen molar-refractivity contribution in [3.63, 3.8) is 0 Å². The predicted molar refractivity (Wildman–Crippen MR) is 73.0 cm³/mol. The fourth-order valence-corrected chi connectivity index (χ4v) is 1.58. The third kappa shape index (κ3) is 3.71. The second kappa shape index (κ2) is 6.40. The molecule has 0 fully saturated rings. The number of amides is 1. The summed E-state index contributed by atoms with van der Waals surface area (Å²) in [6.07, 6.45) is 5.64. The molecular formula is C13H15N3O3. The number of nitro groups is 1. The van der Waals surface area contributed by atoms with Gasteiger partial charge in [0.05, 0.1) is 4.92 Å². The average molecular weight is 261 g/mol. The summed E-state index contributed by atoms with van der Waals surface area (Å²) in [5, 5.41) is 16.4. The zero-order chi connectivity index (χ0) is 14.4. The van der Waals surface area contributed by atoms with Crippen LogP contribution in [0.4, 0.5) is 11.4 Å². The van der Waals surface area contributed by atoms with E-state index in [0.29, 0.717) is 12.1 Å². The highest BCUT2D eigenvalue weighted by Crippen LogP contribution is 2.26. The van der Waals surface area contributed by atoms with E-state index in [2.05, 4.69) is 16.6 Å². The molecule has 0 aromatic heterocycles. The van der Waals surface area contributed by atoms with Crippen molar-refractivity contribution in [1.29, 1.82) is 0 Å². The fraction of sp³-hybridized carbons (Fsp3) is 0.308. The van der Waals surface area contributed by atoms with E-state index < -0.39 is 4.92 Å². The lowest BCUT2D eigenvalue weighted by Gasteiger charge is -2.13. The molecule has 0 aliphatic rings. The minimum Gasteiger partial charge on any atom is -0.376 e. The minimum atomic E-state index is -0.530. The number of hydrogen-bond acceptors (Lipinski definition) is 4. The molecular weight excluding hydrogens is 246 g/mol. The van der Waals surface area contributed by atoms with Crippen LogP contribution in [0, 0.1) is 22.5 Å². The summed E-state index contributed by atoms with van der Waals surface area (Å²) >= 11 is 0. The van der Waals surface area contributed by atoms with E-state index in [-0.39, 0.29) is 23.2 Å². The van der Waals surface area contributed by atoms with E-state index in [1.807, 2.05) is 6.92 Å². The first kappa shape index (κ1) is 14.5. The van der Waals surface area contributed by atoms with Crippen molar-refractivity contribution in [2.24, 2.45) is 0 Å². The van der Waals surface area contributed by atoms with Crippen molar-refractivity contribution in [2.45, 2.75) is 19.4 Å². The Balaban J connectivity index is 3.09. The van der Waals surface area contributed by atoms with Gasteiger partial charge < -0.3 is 10.6 Å². The maximum atomic E-state index is 11.4. The van der Waals surface area contributed by atoms with Crippen LogP contribution in [0.3, 0.4) is 0 Å². The van der Waals surface area contributed by atoms with Gasteiger partial charge in [0.2, 0.25) is 0 Å². The van der Waals surface area contributed by atoms with Gasteiger partial charge in [-0.25, -0.2) is 0 Å². The SMILES string of the molecule is C#CCC(C)Nc1ccc(C(=O)NC)cc1[N+](=O)[O-]. The van der Waals surface area contributed by atoms with Crippen LogP contribution in [0.1, 0.15) is 23.7 Å². The molecule has 0 saturated carbocycles. The van der Waals surface area contributed by atoms with E-state index in [0.717, 1.165) is 0 Å². The lowest BCUT2D eigenvalue weighted by molar-refractivity contribution is -0.384. The normalized spacial score (nSPS) is 11.2. The fourth-order valence-electron chi connectivity index (χ4n) is 1.58. The van der Waals surface area contributed by atoms with Gasteiger partial charge in [-0.1, -0.05) is 0 Å². The van der Waals surface area contributed by atoms with E-state index >= 15 is 0 Å². The van der Waals surface area contributed by atoms with Gasteiger partial charge in [0.25, 0.3) is 11.6 Å². The van der Waals surface area contributed by atoms with Crippen molar-refractivity contribution < 1.29 is 9.72 Å². The summed E-state index contributed by atoms with van der Waals surface area (Å²) in [6, 6.07) is 4.19. The molecule has 1 aromatic rings. The summed E-state index contributed by atoms with van der Waals surface area (Å²) in [7, 11) is 1.47. The van der Waals surface area contributed by atoms with E-state index in [9.17, 15) is 14.9 Å². The van der Waals surface area contributed by atoms with Gasteiger partial charge in [-0.15, -0.1) is 12.3 Å². The van der Waals surface area contributed by atoms with Crippen LogP contribution in [-0.2, 0) is 0 Å². The average Bonchev–Trinajstić information content (AvgIpc) is 2.38. The first-order valence-electron chi connectivity index (χ1n) is 5.70. The van der Waals surface area contributed by atoms with Crippen molar-refractivity contribution in [3.8, 4) is 12.3 Å². The third-order valence-corrected chi connectivity index (χ3v) is 2.51. The zero-order valence-corrected chi connectivity index (χ0v) is 10.8. The maximum absolute atomic E-state index is 11.4. The highest BCUT2D eigenvalue weighted by Gasteiger charge is 2.18. The molecule has 0 spiro atoms. The Morgan fingerprint density at radius 2 is 2.26 bits per heavy atom. The van der Waals surface area contributed by atoms with Crippen LogP contribution >= 0.6 is 0 Å². The Labute approximate surface area is 111 Å². The van der Waals surface area contributed by atoms with Crippen LogP contribution < -0.4 is 10.6 Å². The van der Waals surface area contributed by atoms with Crippen molar-refractivity contribution in [3.05, 3.63) is 33.9 Å². The number of anilines is 1. The highest BCUT2D eigenvalue weighted by molar-refractivity contribution is 5.95. The monoisotopic (exact) mass is 261 g/mol. The number of rotatable bonds is 5. The van der Waals surface area contributed by atoms with Gasteiger partial charge in [-0.2, -0.15) is 0 Å². The minimum absolute atomic E-state index is 0.0884. The molecule has 0 radical (unpaired) electrons. The second-order valence-electron chi connectivity index (χ2n) is 4.02. The molecule has 100 valence electrons. The molecule has 0 heterocycles. The van der Waals surface area contributed by atoms with Crippen LogP contribution in [0.2, 0.25) is 0 Å². The largest absolute Gasteiger partial charge is 0.376 e. The van der Waals surface area contributed by atoms with E-state index in [4.69, 9.17) is 6.42 Å². The number of benzene rings is 1. The molecule has 0 bridgehead atoms. The zero-order valence-electron chi connectivity index (χ0n) is 10.8. The highest BCUT2D eigenvalue weighted by atomic mass is 16.6. The lowest BCUT2D eigenvalue weighted by atomic mass is 10.1. The summed E-state index contributed by atoms with van der Waals surface area (Å²) in [6.45, 7) is 1.83. The standard InChI is InChI=1S/C13H15N3O3/c1-4-5-9(2)15-11-7-6-10(13(17)14-3)8-12(11)16(18)19/h1,6-9,15H,5H2,2-3H3,(H,14,17). The number of nitro benzene ring substituents is 1. The second-order valence-corrected chi connectivity index (χ2v) is 4.02. The number of terminal acetylenes is 1. The number of nitrogens with zero attached hydrogens (tertiary/aromatic N) is 1. The molecule has 0 saturated heterocycles. The molecule has 19 heavy (non-hydrogen) atoms. The summed E-state index contributed by atoms with van der Waals surface area (Å²) in [5.74, 6) is 2.11. The van der Waals surface area contributed by atoms with Crippen LogP contribution in [0.15, 0.2) is 18.2 Å². The van der Waals surface area contributed by atoms with E-state index in [1.54, 1.807) is 0 Å². The number of carbonyl (C=O) groups is 1. The molecule has 1 amide bonds. The lowest BCUT2D eigenvalue weighted by Crippen LogP contribution is -2.19. The Kier molecular flexibility index (Phi) is 4.89. The van der Waals surface area contributed by atoms with Crippen LogP contribution in [0.5, 0.6) is 0 Å². The predicted octanol–water partition coefficient (Wildman–Crippen LogP) is 1.78. The topological polar surface area (TPSA) is 84.3 Å². The Bertz CT molecular complexity index is 534. The maximum Gasteiger partial charge on any atom is 0.293 e. The van der Waals surface area contributed by atoms with Gasteiger partial charge in [-0.05, 0) is 19.1 Å². The number of nitrogens with one attached hydrogen (secondary N) is 2. The number of carbonyl (C=O) groups excluding carboxylic acids is 1. The van der Waals surface area contributed by atoms with Gasteiger partial charge in [-0.3, -0.25) is 14.9 Å². The smallest absolute Gasteiger partial charge is 0.293 e. The molecule has 1 rings (SSSR count). The first-order chi connectivity index (χ1) is 8.99. The van der Waals surface area contributed by atoms with Gasteiger partial charge in [0.15, 0.2) is 0 Å². The molecule has 1 unspecified atom stereocenters. The Hall–Kier alpha value is -2.55. The summed E-state index contributed by atoms with van der Waals surface area (Å²) in [5.41, 5.74) is 0.440. The summed E-state index contributed by atoms with van der Waals surface area (Å²) < 4.78 is 0. The molecule has 6 nitrogen and oxygen atoms in total. The van der Waals surface area contributed by atoms with Crippen molar-refractivity contribution in [1.82, 2.24) is 5.32 Å². The first-order valence-corrected chi connectivity index (χ1v) is 5.70. The molecule has 2 N–H and O–H groups in total. The van der Waals surface area contributed by atoms with E-state index in [1.165, 1.54) is 25.2 Å². The van der Waals surface area contributed by atoms with Crippen molar-refractivity contribution in [2.75, 3.05) is 12.4 Å². The third-order valence-electron chi connectivity index (χ3n) is 2.51. The molecule has 0 aliphatic carbocycles. The molecule has 1 aromatic carbocycles. The molecule has 0 aliphatic heterocycles. The molecule has 1 atom stereocenters. The quantitative estimate of drug-likeness (QED) is 0.480. The van der Waals surface area contributed by atoms with Gasteiger partial charge >= 0.3 is 0 Å². The Morgan fingerprint density at radius 1 is 1.58 bits per heavy atom. The van der Waals surface area contributed by atoms with Crippen LogP contribution in [0.25, 0.3) is 0 Å². The Morgan fingerprint density at radius 3 is 2.79 bits per heavy atom. The van der Waals surface area contributed by atoms with Crippen LogP contribution in [-0.4, -0.2) is 23.9 Å². The van der Waals surface area contributed by atoms with Gasteiger partial charge in [0, 0.05) is 31.1 Å². The summed E-state index contributed by atoms with van der Waals surface area (Å²) in [4.78, 5) is 21.9. The van der Waals surface area contributed by atoms with Crippen molar-refractivity contribution >= 4 is 17.3 Å². The van der Waals surface area contributed by atoms with Gasteiger partial charge in [0.1, 0.15) is 5.69 Å². The number of hydrogen-bond donors (Lipinski definition) is 2. The molecule has 6 heteroatoms.